The molecule has 0 saturated carbocycles. The van der Waals surface area contributed by atoms with Crippen LogP contribution in [0.2, 0.25) is 0 Å². The van der Waals surface area contributed by atoms with Gasteiger partial charge in [0.1, 0.15) is 6.04 Å². The van der Waals surface area contributed by atoms with Crippen LogP contribution in [0, 0.1) is 0 Å². The second-order valence-electron chi connectivity index (χ2n) is 7.40. The average Bonchev–Trinajstić information content (AvgIpc) is 2.69. The number of anilines is 3. The topological polar surface area (TPSA) is 73.0 Å². The molecule has 0 spiro atoms. The Morgan fingerprint density at radius 1 is 1.00 bits per heavy atom. The normalized spacial score (nSPS) is 16.3. The molecule has 156 valence electrons. The van der Waals surface area contributed by atoms with Gasteiger partial charge in [0.15, 0.2) is 0 Å². The largest absolute Gasteiger partial charge is 0.369 e. The van der Waals surface area contributed by atoms with Crippen molar-refractivity contribution in [2.75, 3.05) is 54.0 Å². The van der Waals surface area contributed by atoms with Crippen molar-refractivity contribution in [1.29, 1.82) is 0 Å². The predicted octanol–water partition coefficient (Wildman–Crippen LogP) is 2.23. The first kappa shape index (κ1) is 21.1. The monoisotopic (exact) mass is 416 g/mol. The van der Waals surface area contributed by atoms with E-state index in [2.05, 4.69) is 22.2 Å². The average molecular weight is 417 g/mol. The van der Waals surface area contributed by atoms with Gasteiger partial charge in [-0.2, -0.15) is 0 Å². The molecule has 1 N–H and O–H groups in total. The molecule has 8 heteroatoms. The number of nitrogens with one attached hydrogen (secondary N) is 1. The molecule has 1 fully saturated rings. The maximum Gasteiger partial charge on any atom is 0.247 e. The Morgan fingerprint density at radius 3 is 2.14 bits per heavy atom. The minimum atomic E-state index is -3.62. The molecule has 29 heavy (non-hydrogen) atoms. The van der Waals surface area contributed by atoms with Gasteiger partial charge in [0.2, 0.25) is 15.9 Å². The molecule has 0 bridgehead atoms. The lowest BCUT2D eigenvalue weighted by Gasteiger charge is -2.34. The van der Waals surface area contributed by atoms with Crippen LogP contribution in [0.15, 0.2) is 54.6 Å². The zero-order valence-electron chi connectivity index (χ0n) is 17.1. The van der Waals surface area contributed by atoms with E-state index in [1.54, 1.807) is 37.3 Å². The molecule has 2 aromatic carbocycles. The van der Waals surface area contributed by atoms with Crippen molar-refractivity contribution in [3.8, 4) is 0 Å². The van der Waals surface area contributed by atoms with Crippen molar-refractivity contribution < 1.29 is 13.2 Å². The van der Waals surface area contributed by atoms with Crippen LogP contribution in [-0.2, 0) is 14.8 Å². The number of carbonyl (C=O) groups is 1. The highest BCUT2D eigenvalue weighted by Gasteiger charge is 2.29. The molecule has 1 amide bonds. The number of hydrogen-bond donors (Lipinski definition) is 1. The summed E-state index contributed by atoms with van der Waals surface area (Å²) >= 11 is 0. The molecule has 0 aliphatic carbocycles. The Balaban J connectivity index is 1.70. The first-order valence-electron chi connectivity index (χ1n) is 9.64. The standard InChI is InChI=1S/C21H28N4O3S/c1-17(25(29(3,27)28)20-7-5-4-6-8-20)21(26)22-18-9-11-19(12-10-18)24-15-13-23(2)14-16-24/h4-12,17H,13-16H2,1-3H3,(H,22,26)/t17-/m1/s1. The van der Waals surface area contributed by atoms with E-state index in [-0.39, 0.29) is 5.91 Å². The van der Waals surface area contributed by atoms with Crippen molar-refractivity contribution in [3.63, 3.8) is 0 Å². The fourth-order valence-corrected chi connectivity index (χ4v) is 4.63. The molecular weight excluding hydrogens is 388 g/mol. The molecule has 2 aromatic rings. The molecular formula is C21H28N4O3S. The number of hydrogen-bond acceptors (Lipinski definition) is 5. The van der Waals surface area contributed by atoms with E-state index in [0.717, 1.165) is 42.4 Å². The highest BCUT2D eigenvalue weighted by Crippen LogP contribution is 2.22. The number of carbonyl (C=O) groups excluding carboxylic acids is 1. The Hall–Kier alpha value is -2.58. The SMILES string of the molecule is C[C@H](C(=O)Nc1ccc(N2CCN(C)CC2)cc1)N(c1ccccc1)S(C)(=O)=O. The third-order valence-corrected chi connectivity index (χ3v) is 6.34. The molecule has 3 rings (SSSR count). The number of para-hydroxylation sites is 1. The van der Waals surface area contributed by atoms with Crippen LogP contribution >= 0.6 is 0 Å². The fraction of sp³-hybridized carbons (Fsp3) is 0.381. The molecule has 0 aromatic heterocycles. The summed E-state index contributed by atoms with van der Waals surface area (Å²) in [7, 11) is -1.50. The van der Waals surface area contributed by atoms with Crippen LogP contribution in [0.1, 0.15) is 6.92 Å². The summed E-state index contributed by atoms with van der Waals surface area (Å²) in [4.78, 5) is 17.4. The van der Waals surface area contributed by atoms with Crippen LogP contribution < -0.4 is 14.5 Å². The van der Waals surface area contributed by atoms with Gasteiger partial charge in [-0.05, 0) is 50.4 Å². The number of piperazine rings is 1. The fourth-order valence-electron chi connectivity index (χ4n) is 3.45. The van der Waals surface area contributed by atoms with Crippen LogP contribution in [0.25, 0.3) is 0 Å². The Kier molecular flexibility index (Phi) is 6.44. The number of nitrogens with zero attached hydrogens (tertiary/aromatic N) is 3. The van der Waals surface area contributed by atoms with Gasteiger partial charge in [0.25, 0.3) is 0 Å². The summed E-state index contributed by atoms with van der Waals surface area (Å²) in [5, 5.41) is 2.83. The molecule has 7 nitrogen and oxygen atoms in total. The smallest absolute Gasteiger partial charge is 0.247 e. The molecule has 0 radical (unpaired) electrons. The van der Waals surface area contributed by atoms with Crippen molar-refractivity contribution >= 4 is 33.0 Å². The van der Waals surface area contributed by atoms with E-state index in [1.807, 2.05) is 24.3 Å². The lowest BCUT2D eigenvalue weighted by atomic mass is 10.2. The van der Waals surface area contributed by atoms with Crippen molar-refractivity contribution in [2.45, 2.75) is 13.0 Å². The van der Waals surface area contributed by atoms with Crippen LogP contribution in [-0.4, -0.2) is 64.7 Å². The van der Waals surface area contributed by atoms with E-state index in [0.29, 0.717) is 11.4 Å². The van der Waals surface area contributed by atoms with Gasteiger partial charge < -0.3 is 15.1 Å². The van der Waals surface area contributed by atoms with Gasteiger partial charge in [-0.15, -0.1) is 0 Å². The number of benzene rings is 2. The number of likely N-dealkylation sites (N-methyl/N-ethyl adjacent to an activating group) is 1. The molecule has 1 atom stereocenters. The minimum absolute atomic E-state index is 0.383. The van der Waals surface area contributed by atoms with Crippen LogP contribution in [0.4, 0.5) is 17.1 Å². The van der Waals surface area contributed by atoms with Gasteiger partial charge in [-0.1, -0.05) is 18.2 Å². The van der Waals surface area contributed by atoms with E-state index in [1.165, 1.54) is 0 Å². The second-order valence-corrected chi connectivity index (χ2v) is 9.26. The second kappa shape index (κ2) is 8.84. The summed E-state index contributed by atoms with van der Waals surface area (Å²) in [5.74, 6) is -0.383. The van der Waals surface area contributed by atoms with E-state index in [4.69, 9.17) is 0 Å². The van der Waals surface area contributed by atoms with E-state index < -0.39 is 16.1 Å². The van der Waals surface area contributed by atoms with E-state index in [9.17, 15) is 13.2 Å². The zero-order valence-corrected chi connectivity index (χ0v) is 17.9. The van der Waals surface area contributed by atoms with Crippen molar-refractivity contribution in [2.24, 2.45) is 0 Å². The first-order chi connectivity index (χ1) is 13.8. The highest BCUT2D eigenvalue weighted by molar-refractivity contribution is 7.92. The third kappa shape index (κ3) is 5.27. The summed E-state index contributed by atoms with van der Waals surface area (Å²) in [5.41, 5.74) is 2.22. The van der Waals surface area contributed by atoms with Crippen molar-refractivity contribution in [3.05, 3.63) is 54.6 Å². The Labute approximate surface area is 173 Å². The van der Waals surface area contributed by atoms with E-state index >= 15 is 0 Å². The number of rotatable bonds is 6. The maximum atomic E-state index is 12.8. The van der Waals surface area contributed by atoms with Gasteiger partial charge >= 0.3 is 0 Å². The lowest BCUT2D eigenvalue weighted by Crippen LogP contribution is -2.45. The first-order valence-corrected chi connectivity index (χ1v) is 11.5. The van der Waals surface area contributed by atoms with Gasteiger partial charge in [0, 0.05) is 37.6 Å². The minimum Gasteiger partial charge on any atom is -0.369 e. The predicted molar refractivity (Wildman–Crippen MR) is 118 cm³/mol. The maximum absolute atomic E-state index is 12.8. The van der Waals surface area contributed by atoms with Crippen molar-refractivity contribution in [1.82, 2.24) is 4.90 Å². The number of sulfonamides is 1. The Bertz CT molecular complexity index is 924. The quantitative estimate of drug-likeness (QED) is 0.782. The zero-order chi connectivity index (χ0) is 21.0. The van der Waals surface area contributed by atoms with Gasteiger partial charge in [-0.3, -0.25) is 9.10 Å². The Morgan fingerprint density at radius 2 is 1.59 bits per heavy atom. The molecule has 1 saturated heterocycles. The summed E-state index contributed by atoms with van der Waals surface area (Å²) in [6.45, 7) is 5.58. The number of amides is 1. The van der Waals surface area contributed by atoms with Crippen LogP contribution in [0.5, 0.6) is 0 Å². The summed E-state index contributed by atoms with van der Waals surface area (Å²) in [6, 6.07) is 15.4. The lowest BCUT2D eigenvalue weighted by molar-refractivity contribution is -0.116. The van der Waals surface area contributed by atoms with Gasteiger partial charge in [0.05, 0.1) is 11.9 Å². The summed E-state index contributed by atoms with van der Waals surface area (Å²) < 4.78 is 25.8. The highest BCUT2D eigenvalue weighted by atomic mass is 32.2. The molecule has 0 unspecified atom stereocenters. The van der Waals surface area contributed by atoms with Gasteiger partial charge in [-0.25, -0.2) is 8.42 Å². The molecule has 1 aliphatic rings. The third-order valence-electron chi connectivity index (χ3n) is 5.10. The summed E-state index contributed by atoms with van der Waals surface area (Å²) in [6.07, 6.45) is 1.11. The molecule has 1 aliphatic heterocycles. The van der Waals surface area contributed by atoms with Crippen LogP contribution in [0.3, 0.4) is 0 Å². The molecule has 1 heterocycles.